The summed E-state index contributed by atoms with van der Waals surface area (Å²) in [6, 6.07) is 10.1. The van der Waals surface area contributed by atoms with Crippen LogP contribution in [0.1, 0.15) is 5.82 Å². The standard InChI is InChI=1S/C13H11ClN2/c1-8-15-12-7-11(14)9-5-3-4-6-10(9)13(12)16(8)2/h3-7H,1-2H3. The van der Waals surface area contributed by atoms with Crippen LogP contribution in [0.5, 0.6) is 0 Å². The van der Waals surface area contributed by atoms with Crippen molar-refractivity contribution in [1.29, 1.82) is 0 Å². The molecule has 0 radical (unpaired) electrons. The van der Waals surface area contributed by atoms with Gasteiger partial charge in [-0.3, -0.25) is 0 Å². The van der Waals surface area contributed by atoms with Gasteiger partial charge in [0.15, 0.2) is 0 Å². The molecule has 16 heavy (non-hydrogen) atoms. The second kappa shape index (κ2) is 3.22. The molecule has 0 fully saturated rings. The molecular weight excluding hydrogens is 220 g/mol. The molecular formula is C13H11ClN2. The van der Waals surface area contributed by atoms with E-state index in [2.05, 4.69) is 15.6 Å². The van der Waals surface area contributed by atoms with Crippen LogP contribution in [0, 0.1) is 6.92 Å². The largest absolute Gasteiger partial charge is 0.331 e. The molecule has 0 aliphatic heterocycles. The molecule has 0 spiro atoms. The third-order valence-corrected chi connectivity index (χ3v) is 3.36. The first-order valence-corrected chi connectivity index (χ1v) is 5.56. The third-order valence-electron chi connectivity index (χ3n) is 3.05. The van der Waals surface area contributed by atoms with E-state index in [4.69, 9.17) is 11.6 Å². The van der Waals surface area contributed by atoms with Crippen molar-refractivity contribution < 1.29 is 0 Å². The van der Waals surface area contributed by atoms with Crippen LogP contribution in [-0.4, -0.2) is 9.55 Å². The summed E-state index contributed by atoms with van der Waals surface area (Å²) in [5.41, 5.74) is 2.11. The second-order valence-electron chi connectivity index (χ2n) is 3.99. The van der Waals surface area contributed by atoms with Gasteiger partial charge in [0.1, 0.15) is 5.82 Å². The lowest BCUT2D eigenvalue weighted by Crippen LogP contribution is -1.91. The molecule has 3 aromatic rings. The zero-order chi connectivity index (χ0) is 11.3. The molecule has 0 N–H and O–H groups in total. The predicted molar refractivity (Wildman–Crippen MR) is 68.0 cm³/mol. The first kappa shape index (κ1) is 9.67. The monoisotopic (exact) mass is 230 g/mol. The minimum atomic E-state index is 0.765. The highest BCUT2D eigenvalue weighted by atomic mass is 35.5. The van der Waals surface area contributed by atoms with Gasteiger partial charge in [0.05, 0.1) is 16.1 Å². The summed E-state index contributed by atoms with van der Waals surface area (Å²) < 4.78 is 2.11. The quantitative estimate of drug-likeness (QED) is 0.576. The number of aromatic nitrogens is 2. The second-order valence-corrected chi connectivity index (χ2v) is 4.40. The number of fused-ring (bicyclic) bond motifs is 3. The van der Waals surface area contributed by atoms with Gasteiger partial charge in [-0.2, -0.15) is 0 Å². The molecule has 0 saturated carbocycles. The van der Waals surface area contributed by atoms with E-state index >= 15 is 0 Å². The Labute approximate surface area is 98.5 Å². The maximum atomic E-state index is 6.25. The molecule has 0 atom stereocenters. The van der Waals surface area contributed by atoms with Crippen molar-refractivity contribution in [1.82, 2.24) is 9.55 Å². The van der Waals surface area contributed by atoms with E-state index in [-0.39, 0.29) is 0 Å². The topological polar surface area (TPSA) is 17.8 Å². The maximum absolute atomic E-state index is 6.25. The average molecular weight is 231 g/mol. The lowest BCUT2D eigenvalue weighted by molar-refractivity contribution is 0.888. The molecule has 2 nitrogen and oxygen atoms in total. The first-order chi connectivity index (χ1) is 7.68. The van der Waals surface area contributed by atoms with E-state index in [0.29, 0.717) is 0 Å². The number of nitrogens with zero attached hydrogens (tertiary/aromatic N) is 2. The lowest BCUT2D eigenvalue weighted by Gasteiger charge is -2.04. The van der Waals surface area contributed by atoms with E-state index in [1.54, 1.807) is 0 Å². The minimum Gasteiger partial charge on any atom is -0.331 e. The van der Waals surface area contributed by atoms with Crippen molar-refractivity contribution in [2.24, 2.45) is 7.05 Å². The molecule has 0 amide bonds. The predicted octanol–water partition coefficient (Wildman–Crippen LogP) is 3.69. The minimum absolute atomic E-state index is 0.765. The van der Waals surface area contributed by atoms with Crippen molar-refractivity contribution in [2.45, 2.75) is 6.92 Å². The maximum Gasteiger partial charge on any atom is 0.106 e. The summed E-state index contributed by atoms with van der Waals surface area (Å²) in [4.78, 5) is 4.50. The smallest absolute Gasteiger partial charge is 0.106 e. The number of rotatable bonds is 0. The van der Waals surface area contributed by atoms with Crippen molar-refractivity contribution in [3.63, 3.8) is 0 Å². The highest BCUT2D eigenvalue weighted by Crippen LogP contribution is 2.31. The summed E-state index contributed by atoms with van der Waals surface area (Å²) in [5, 5.41) is 3.01. The van der Waals surface area contributed by atoms with Crippen LogP contribution >= 0.6 is 11.6 Å². The van der Waals surface area contributed by atoms with Crippen molar-refractivity contribution >= 4 is 33.4 Å². The Balaban J connectivity index is 2.66. The summed E-state index contributed by atoms with van der Waals surface area (Å²) in [7, 11) is 2.03. The van der Waals surface area contributed by atoms with Gasteiger partial charge in [-0.15, -0.1) is 0 Å². The van der Waals surface area contributed by atoms with E-state index < -0.39 is 0 Å². The first-order valence-electron chi connectivity index (χ1n) is 5.19. The third kappa shape index (κ3) is 1.17. The molecule has 1 aromatic heterocycles. The molecule has 80 valence electrons. The molecule has 0 unspecified atom stereocenters. The Bertz CT molecular complexity index is 698. The Kier molecular flexibility index (Phi) is 1.95. The summed E-state index contributed by atoms with van der Waals surface area (Å²) in [6.07, 6.45) is 0. The number of hydrogen-bond donors (Lipinski definition) is 0. The zero-order valence-corrected chi connectivity index (χ0v) is 9.92. The fourth-order valence-corrected chi connectivity index (χ4v) is 2.42. The molecule has 3 heteroatoms. The highest BCUT2D eigenvalue weighted by molar-refractivity contribution is 6.37. The van der Waals surface area contributed by atoms with Crippen molar-refractivity contribution in [2.75, 3.05) is 0 Å². The Hall–Kier alpha value is -1.54. The summed E-state index contributed by atoms with van der Waals surface area (Å²) in [6.45, 7) is 2.00. The van der Waals surface area contributed by atoms with Crippen LogP contribution in [0.2, 0.25) is 5.02 Å². The Morgan fingerprint density at radius 1 is 1.19 bits per heavy atom. The SMILES string of the molecule is Cc1nc2cc(Cl)c3ccccc3c2n1C. The molecule has 1 heterocycles. The lowest BCUT2D eigenvalue weighted by atomic mass is 10.1. The average Bonchev–Trinajstić information content (AvgIpc) is 2.55. The molecule has 3 rings (SSSR count). The zero-order valence-electron chi connectivity index (χ0n) is 9.16. The van der Waals surface area contributed by atoms with Gasteiger partial charge < -0.3 is 4.57 Å². The molecule has 0 aliphatic carbocycles. The van der Waals surface area contributed by atoms with Gasteiger partial charge in [0.2, 0.25) is 0 Å². The van der Waals surface area contributed by atoms with E-state index in [1.807, 2.05) is 38.2 Å². The highest BCUT2D eigenvalue weighted by Gasteiger charge is 2.10. The number of benzene rings is 2. The van der Waals surface area contributed by atoms with Gasteiger partial charge in [-0.1, -0.05) is 35.9 Å². The van der Waals surface area contributed by atoms with Gasteiger partial charge in [-0.25, -0.2) is 4.98 Å². The van der Waals surface area contributed by atoms with Crippen LogP contribution < -0.4 is 0 Å². The normalized spacial score (nSPS) is 11.4. The fraction of sp³-hybridized carbons (Fsp3) is 0.154. The summed E-state index contributed by atoms with van der Waals surface area (Å²) in [5.74, 6) is 1.00. The van der Waals surface area contributed by atoms with Crippen LogP contribution in [0.25, 0.3) is 21.8 Å². The number of aryl methyl sites for hydroxylation is 2. The Morgan fingerprint density at radius 2 is 1.88 bits per heavy atom. The van der Waals surface area contributed by atoms with Crippen LogP contribution in [0.3, 0.4) is 0 Å². The van der Waals surface area contributed by atoms with Crippen molar-refractivity contribution in [3.8, 4) is 0 Å². The van der Waals surface area contributed by atoms with Crippen LogP contribution in [0.4, 0.5) is 0 Å². The van der Waals surface area contributed by atoms with Gasteiger partial charge in [-0.05, 0) is 13.0 Å². The van der Waals surface area contributed by atoms with Gasteiger partial charge >= 0.3 is 0 Å². The molecule has 0 aliphatic rings. The van der Waals surface area contributed by atoms with Crippen molar-refractivity contribution in [3.05, 3.63) is 41.2 Å². The number of imidazole rings is 1. The van der Waals surface area contributed by atoms with Gasteiger partial charge in [0.25, 0.3) is 0 Å². The Morgan fingerprint density at radius 3 is 2.62 bits per heavy atom. The van der Waals surface area contributed by atoms with Crippen LogP contribution in [-0.2, 0) is 7.05 Å². The number of halogens is 1. The van der Waals surface area contributed by atoms with Gasteiger partial charge in [0, 0.05) is 17.8 Å². The van der Waals surface area contributed by atoms with E-state index in [9.17, 15) is 0 Å². The van der Waals surface area contributed by atoms with E-state index in [1.165, 1.54) is 0 Å². The van der Waals surface area contributed by atoms with Crippen LogP contribution in [0.15, 0.2) is 30.3 Å². The summed E-state index contributed by atoms with van der Waals surface area (Å²) >= 11 is 6.25. The number of hydrogen-bond acceptors (Lipinski definition) is 1. The molecule has 2 aromatic carbocycles. The fourth-order valence-electron chi connectivity index (χ4n) is 2.15. The molecule has 0 saturated heterocycles. The van der Waals surface area contributed by atoms with E-state index in [0.717, 1.165) is 32.7 Å². The molecule has 0 bridgehead atoms.